The molecule has 0 saturated carbocycles. The van der Waals surface area contributed by atoms with Crippen molar-refractivity contribution < 1.29 is 28.3 Å². The molecule has 2 N–H and O–H groups in total. The molecule has 0 radical (unpaired) electrons. The van der Waals surface area contributed by atoms with E-state index in [1.54, 1.807) is 17.0 Å². The van der Waals surface area contributed by atoms with Gasteiger partial charge in [0.2, 0.25) is 5.91 Å². The number of carbonyl (C=O) groups is 3. The van der Waals surface area contributed by atoms with Crippen LogP contribution in [0.2, 0.25) is 0 Å². The van der Waals surface area contributed by atoms with Crippen molar-refractivity contribution in [3.8, 4) is 0 Å². The van der Waals surface area contributed by atoms with Gasteiger partial charge >= 0.3 is 6.09 Å². The van der Waals surface area contributed by atoms with Gasteiger partial charge in [0.25, 0.3) is 5.91 Å². The summed E-state index contributed by atoms with van der Waals surface area (Å²) in [6.45, 7) is 2.85. The molecule has 12 heteroatoms. The van der Waals surface area contributed by atoms with Gasteiger partial charge in [-0.25, -0.2) is 14.2 Å². The highest BCUT2D eigenvalue weighted by atomic mass is 32.1. The molecule has 1 aromatic rings. The predicted octanol–water partition coefficient (Wildman–Crippen LogP) is 1.16. The van der Waals surface area contributed by atoms with Crippen molar-refractivity contribution in [3.05, 3.63) is 24.0 Å². The maximum atomic E-state index is 14.9. The Hall–Kier alpha value is -2.86. The molecule has 2 fully saturated rings. The summed E-state index contributed by atoms with van der Waals surface area (Å²) in [5.74, 6) is -1.12. The molecule has 3 amide bonds. The number of anilines is 2. The van der Waals surface area contributed by atoms with E-state index in [1.807, 2.05) is 0 Å². The fraction of sp³-hybridized carbons (Fsp3) is 0.474. The van der Waals surface area contributed by atoms with Crippen LogP contribution in [0.1, 0.15) is 13.3 Å². The molecule has 2 heterocycles. The second-order valence-electron chi connectivity index (χ2n) is 7.13. The fourth-order valence-corrected chi connectivity index (χ4v) is 3.47. The highest BCUT2D eigenvalue weighted by Crippen LogP contribution is 2.28. The maximum Gasteiger partial charge on any atom is 0.414 e. The van der Waals surface area contributed by atoms with E-state index >= 15 is 0 Å². The summed E-state index contributed by atoms with van der Waals surface area (Å²) >= 11 is 3.82. The van der Waals surface area contributed by atoms with E-state index < -0.39 is 18.0 Å². The second-order valence-corrected chi connectivity index (χ2v) is 7.67. The number of rotatable bonds is 6. The number of halogens is 1. The van der Waals surface area contributed by atoms with E-state index in [0.717, 1.165) is 0 Å². The van der Waals surface area contributed by atoms with Gasteiger partial charge in [0, 0.05) is 20.0 Å². The Labute approximate surface area is 184 Å². The Bertz CT molecular complexity index is 885. The molecule has 0 spiro atoms. The first kappa shape index (κ1) is 22.8. The van der Waals surface area contributed by atoms with E-state index in [0.29, 0.717) is 24.5 Å². The molecular formula is C19H24FN5O5S. The number of nitrogens with zero attached hydrogens (tertiary/aromatic N) is 3. The Morgan fingerprint density at radius 3 is 2.77 bits per heavy atom. The number of hydrogen-bond donors (Lipinski definition) is 3. The monoisotopic (exact) mass is 453 g/mol. The zero-order valence-corrected chi connectivity index (χ0v) is 17.9. The van der Waals surface area contributed by atoms with E-state index in [2.05, 4.69) is 17.9 Å². The van der Waals surface area contributed by atoms with Crippen molar-refractivity contribution in [1.29, 1.82) is 5.41 Å². The van der Waals surface area contributed by atoms with Crippen LogP contribution >= 0.6 is 12.6 Å². The molecule has 0 aromatic heterocycles. The maximum absolute atomic E-state index is 14.9. The summed E-state index contributed by atoms with van der Waals surface area (Å²) in [4.78, 5) is 43.7. The third-order valence-corrected chi connectivity index (χ3v) is 4.97. The Morgan fingerprint density at radius 2 is 2.10 bits per heavy atom. The lowest BCUT2D eigenvalue weighted by molar-refractivity contribution is -0.180. The number of hydrogen-bond acceptors (Lipinski definition) is 7. The molecule has 10 nitrogen and oxygen atoms in total. The molecule has 3 rings (SSSR count). The second kappa shape index (κ2) is 9.96. The van der Waals surface area contributed by atoms with Crippen LogP contribution in [0.4, 0.5) is 20.6 Å². The molecular weight excluding hydrogens is 429 g/mol. The van der Waals surface area contributed by atoms with Crippen LogP contribution in [0.15, 0.2) is 18.2 Å². The number of cyclic esters (lactones) is 1. The fourth-order valence-electron chi connectivity index (χ4n) is 3.33. The van der Waals surface area contributed by atoms with Crippen molar-refractivity contribution in [1.82, 2.24) is 10.4 Å². The van der Waals surface area contributed by atoms with Gasteiger partial charge in [-0.1, -0.05) is 0 Å². The SMILES string of the molecule is CC(=O)NC[C@H]1CN(c2ccc(N3CCON(C(=O)CC(=N)S)CC3)c(F)c2)C(=O)O1. The summed E-state index contributed by atoms with van der Waals surface area (Å²) in [6.07, 6.45) is -1.26. The quantitative estimate of drug-likeness (QED) is 0.338. The van der Waals surface area contributed by atoms with Gasteiger partial charge in [-0.15, -0.1) is 12.6 Å². The molecule has 0 unspecified atom stereocenters. The molecule has 168 valence electrons. The smallest absolute Gasteiger partial charge is 0.414 e. The van der Waals surface area contributed by atoms with Crippen LogP contribution in [0.3, 0.4) is 0 Å². The van der Waals surface area contributed by atoms with Crippen LogP contribution in [-0.4, -0.2) is 73.4 Å². The minimum atomic E-state index is -0.602. The normalized spacial score (nSPS) is 19.1. The highest BCUT2D eigenvalue weighted by Gasteiger charge is 2.33. The van der Waals surface area contributed by atoms with Crippen LogP contribution in [0.25, 0.3) is 0 Å². The zero-order valence-electron chi connectivity index (χ0n) is 17.0. The summed E-state index contributed by atoms with van der Waals surface area (Å²) in [7, 11) is 0. The van der Waals surface area contributed by atoms with Crippen molar-refractivity contribution in [2.75, 3.05) is 49.1 Å². The summed E-state index contributed by atoms with van der Waals surface area (Å²) in [6, 6.07) is 4.45. The molecule has 2 saturated heterocycles. The predicted molar refractivity (Wildman–Crippen MR) is 114 cm³/mol. The first-order chi connectivity index (χ1) is 14.7. The van der Waals surface area contributed by atoms with Gasteiger partial charge in [0.05, 0.1) is 49.1 Å². The van der Waals surface area contributed by atoms with Gasteiger partial charge in [0.15, 0.2) is 0 Å². The van der Waals surface area contributed by atoms with Crippen molar-refractivity contribution in [3.63, 3.8) is 0 Å². The van der Waals surface area contributed by atoms with Crippen molar-refractivity contribution >= 4 is 47.0 Å². The van der Waals surface area contributed by atoms with E-state index in [4.69, 9.17) is 15.0 Å². The average molecular weight is 453 g/mol. The number of carbonyl (C=O) groups excluding carboxylic acids is 3. The Morgan fingerprint density at radius 1 is 1.32 bits per heavy atom. The molecule has 31 heavy (non-hydrogen) atoms. The Balaban J connectivity index is 1.64. The number of ether oxygens (including phenoxy) is 1. The molecule has 2 aliphatic rings. The van der Waals surface area contributed by atoms with Crippen LogP contribution < -0.4 is 15.1 Å². The molecule has 0 aliphatic carbocycles. The third kappa shape index (κ3) is 5.85. The molecule has 2 aliphatic heterocycles. The van der Waals surface area contributed by atoms with E-state index in [9.17, 15) is 18.8 Å². The molecule has 0 bridgehead atoms. The minimum Gasteiger partial charge on any atom is -0.442 e. The first-order valence-electron chi connectivity index (χ1n) is 9.71. The van der Waals surface area contributed by atoms with Crippen LogP contribution in [0.5, 0.6) is 0 Å². The average Bonchev–Trinajstić information content (AvgIpc) is 2.91. The summed E-state index contributed by atoms with van der Waals surface area (Å²) in [5.41, 5.74) is 0.678. The lowest BCUT2D eigenvalue weighted by atomic mass is 10.2. The van der Waals surface area contributed by atoms with Crippen LogP contribution in [0, 0.1) is 11.2 Å². The number of nitrogens with one attached hydrogen (secondary N) is 2. The van der Waals surface area contributed by atoms with Crippen molar-refractivity contribution in [2.45, 2.75) is 19.4 Å². The largest absolute Gasteiger partial charge is 0.442 e. The molecule has 1 aromatic carbocycles. The van der Waals surface area contributed by atoms with Gasteiger partial charge < -0.3 is 15.0 Å². The lowest BCUT2D eigenvalue weighted by Crippen LogP contribution is -2.35. The van der Waals surface area contributed by atoms with Gasteiger partial charge in [-0.05, 0) is 18.2 Å². The topological polar surface area (TPSA) is 115 Å². The standard InChI is InChI=1S/C19H24FN5O5S/c1-12(26)22-10-14-11-24(19(28)30-14)13-2-3-16(15(20)8-13)23-4-5-25(29-7-6-23)18(27)9-17(21)31/h2-3,8,14H,4-7,9-11H2,1H3,(H2,21,31)(H,22,26)/t14-/m0/s1. The minimum absolute atomic E-state index is 0.0592. The van der Waals surface area contributed by atoms with Crippen molar-refractivity contribution in [2.24, 2.45) is 0 Å². The summed E-state index contributed by atoms with van der Waals surface area (Å²) in [5, 5.41) is 11.0. The number of hydroxylamine groups is 2. The molecule has 1 atom stereocenters. The summed E-state index contributed by atoms with van der Waals surface area (Å²) < 4.78 is 20.1. The zero-order chi connectivity index (χ0) is 22.5. The highest BCUT2D eigenvalue weighted by molar-refractivity contribution is 7.96. The lowest BCUT2D eigenvalue weighted by Gasteiger charge is -2.24. The van der Waals surface area contributed by atoms with E-state index in [1.165, 1.54) is 23.0 Å². The number of benzene rings is 1. The number of amides is 3. The van der Waals surface area contributed by atoms with Gasteiger partial charge in [0.1, 0.15) is 11.9 Å². The first-order valence-corrected chi connectivity index (χ1v) is 10.2. The Kier molecular flexibility index (Phi) is 7.33. The van der Waals surface area contributed by atoms with E-state index in [-0.39, 0.29) is 49.5 Å². The van der Waals surface area contributed by atoms with Gasteiger partial charge in [-0.2, -0.15) is 0 Å². The van der Waals surface area contributed by atoms with Crippen LogP contribution in [-0.2, 0) is 19.2 Å². The van der Waals surface area contributed by atoms with Gasteiger partial charge in [-0.3, -0.25) is 24.7 Å². The number of thiol groups is 1. The third-order valence-electron chi connectivity index (χ3n) is 4.81.